The van der Waals surface area contributed by atoms with E-state index >= 15 is 0 Å². The number of hydrogen-bond acceptors (Lipinski definition) is 3. The molecule has 1 atom stereocenters. The van der Waals surface area contributed by atoms with Crippen molar-refractivity contribution in [2.45, 2.75) is 25.8 Å². The molecule has 3 N–H and O–H groups in total. The normalized spacial score (nSPS) is 12.6. The van der Waals surface area contributed by atoms with Gasteiger partial charge in [0.05, 0.1) is 18.1 Å². The first-order chi connectivity index (χ1) is 8.74. The van der Waals surface area contributed by atoms with Crippen molar-refractivity contribution in [2.75, 3.05) is 0 Å². The Morgan fingerprint density at radius 3 is 2.89 bits per heavy atom. The number of hydrazine groups is 1. The van der Waals surface area contributed by atoms with Gasteiger partial charge in [-0.05, 0) is 17.5 Å². The maximum absolute atomic E-state index is 5.67. The van der Waals surface area contributed by atoms with E-state index in [2.05, 4.69) is 41.6 Å². The van der Waals surface area contributed by atoms with Crippen LogP contribution < -0.4 is 11.3 Å². The van der Waals surface area contributed by atoms with Crippen LogP contribution >= 0.6 is 0 Å². The third-order valence-electron chi connectivity index (χ3n) is 3.01. The lowest BCUT2D eigenvalue weighted by Gasteiger charge is -2.15. The second kappa shape index (κ2) is 5.80. The van der Waals surface area contributed by atoms with E-state index in [-0.39, 0.29) is 6.04 Å². The van der Waals surface area contributed by atoms with Crippen LogP contribution in [0.25, 0.3) is 0 Å². The monoisotopic (exact) mass is 244 g/mol. The Labute approximate surface area is 108 Å². The van der Waals surface area contributed by atoms with Gasteiger partial charge in [-0.25, -0.2) is 10.4 Å². The summed E-state index contributed by atoms with van der Waals surface area (Å²) in [5, 5.41) is 0. The summed E-state index contributed by atoms with van der Waals surface area (Å²) in [6.07, 6.45) is 6.01. The molecule has 0 saturated heterocycles. The van der Waals surface area contributed by atoms with Crippen molar-refractivity contribution in [1.29, 1.82) is 0 Å². The van der Waals surface area contributed by atoms with E-state index in [1.54, 1.807) is 6.33 Å². The van der Waals surface area contributed by atoms with Crippen molar-refractivity contribution in [1.82, 2.24) is 15.0 Å². The lowest BCUT2D eigenvalue weighted by Crippen LogP contribution is -2.29. The lowest BCUT2D eigenvalue weighted by atomic mass is 10.0. The van der Waals surface area contributed by atoms with Gasteiger partial charge in [-0.15, -0.1) is 0 Å². The highest BCUT2D eigenvalue weighted by Gasteiger charge is 2.14. The number of imidazole rings is 1. The Morgan fingerprint density at radius 2 is 2.28 bits per heavy atom. The highest BCUT2D eigenvalue weighted by molar-refractivity contribution is 5.30. The molecule has 18 heavy (non-hydrogen) atoms. The SMILES string of the molecule is CCCc1cccc(C(NN)c2cn(C)cn2)c1. The molecule has 1 aromatic carbocycles. The van der Waals surface area contributed by atoms with Gasteiger partial charge >= 0.3 is 0 Å². The number of nitrogens with zero attached hydrogens (tertiary/aromatic N) is 2. The first-order valence-corrected chi connectivity index (χ1v) is 6.27. The van der Waals surface area contributed by atoms with E-state index < -0.39 is 0 Å². The summed E-state index contributed by atoms with van der Waals surface area (Å²) in [5.41, 5.74) is 6.27. The van der Waals surface area contributed by atoms with Gasteiger partial charge in [-0.2, -0.15) is 0 Å². The molecular formula is C14H20N4. The summed E-state index contributed by atoms with van der Waals surface area (Å²) in [6, 6.07) is 8.45. The fourth-order valence-electron chi connectivity index (χ4n) is 2.15. The van der Waals surface area contributed by atoms with Gasteiger partial charge in [-0.1, -0.05) is 37.6 Å². The standard InChI is InChI=1S/C14H20N4/c1-3-5-11-6-4-7-12(8-11)14(17-15)13-9-18(2)10-16-13/h4,6-10,14,17H,3,5,15H2,1-2H3. The topological polar surface area (TPSA) is 55.9 Å². The van der Waals surface area contributed by atoms with Gasteiger partial charge in [0.1, 0.15) is 0 Å². The molecule has 0 aliphatic carbocycles. The van der Waals surface area contributed by atoms with Gasteiger partial charge in [0, 0.05) is 13.2 Å². The Morgan fingerprint density at radius 1 is 1.44 bits per heavy atom. The lowest BCUT2D eigenvalue weighted by molar-refractivity contribution is 0.622. The van der Waals surface area contributed by atoms with Crippen molar-refractivity contribution in [2.24, 2.45) is 12.9 Å². The first-order valence-electron chi connectivity index (χ1n) is 6.27. The highest BCUT2D eigenvalue weighted by Crippen LogP contribution is 2.21. The van der Waals surface area contributed by atoms with E-state index in [4.69, 9.17) is 5.84 Å². The Balaban J connectivity index is 2.29. The van der Waals surface area contributed by atoms with Crippen molar-refractivity contribution >= 4 is 0 Å². The minimum atomic E-state index is -0.0528. The smallest absolute Gasteiger partial charge is 0.0947 e. The van der Waals surface area contributed by atoms with Crippen LogP contribution in [-0.4, -0.2) is 9.55 Å². The highest BCUT2D eigenvalue weighted by atomic mass is 15.2. The molecule has 0 spiro atoms. The zero-order valence-corrected chi connectivity index (χ0v) is 10.9. The molecule has 0 saturated carbocycles. The third kappa shape index (κ3) is 2.78. The maximum Gasteiger partial charge on any atom is 0.0947 e. The molecular weight excluding hydrogens is 224 g/mol. The van der Waals surface area contributed by atoms with E-state index in [1.165, 1.54) is 5.56 Å². The molecule has 2 rings (SSSR count). The van der Waals surface area contributed by atoms with Crippen LogP contribution in [0.1, 0.15) is 36.2 Å². The van der Waals surface area contributed by atoms with E-state index in [0.717, 1.165) is 24.1 Å². The zero-order chi connectivity index (χ0) is 13.0. The molecule has 0 aliphatic heterocycles. The molecule has 0 fully saturated rings. The molecule has 96 valence electrons. The first kappa shape index (κ1) is 12.8. The van der Waals surface area contributed by atoms with Crippen molar-refractivity contribution in [3.05, 3.63) is 53.6 Å². The third-order valence-corrected chi connectivity index (χ3v) is 3.01. The van der Waals surface area contributed by atoms with Crippen molar-refractivity contribution in [3.8, 4) is 0 Å². The second-order valence-electron chi connectivity index (χ2n) is 4.56. The average Bonchev–Trinajstić information content (AvgIpc) is 2.78. The zero-order valence-electron chi connectivity index (χ0n) is 10.9. The van der Waals surface area contributed by atoms with E-state index in [0.29, 0.717) is 0 Å². The average molecular weight is 244 g/mol. The van der Waals surface area contributed by atoms with Gasteiger partial charge < -0.3 is 4.57 Å². The number of aromatic nitrogens is 2. The number of aryl methyl sites for hydroxylation is 2. The Hall–Kier alpha value is -1.65. The molecule has 1 heterocycles. The molecule has 1 aromatic heterocycles. The number of nitrogens with two attached hydrogens (primary N) is 1. The van der Waals surface area contributed by atoms with Crippen molar-refractivity contribution < 1.29 is 0 Å². The summed E-state index contributed by atoms with van der Waals surface area (Å²) in [5.74, 6) is 5.67. The minimum absolute atomic E-state index is 0.0528. The maximum atomic E-state index is 5.67. The number of nitrogens with one attached hydrogen (secondary N) is 1. The Bertz CT molecular complexity index is 504. The summed E-state index contributed by atoms with van der Waals surface area (Å²) >= 11 is 0. The molecule has 0 radical (unpaired) electrons. The fourth-order valence-corrected chi connectivity index (χ4v) is 2.15. The number of benzene rings is 1. The quantitative estimate of drug-likeness (QED) is 0.624. The summed E-state index contributed by atoms with van der Waals surface area (Å²) in [6.45, 7) is 2.18. The molecule has 0 amide bonds. The van der Waals surface area contributed by atoms with Crippen LogP contribution in [0.4, 0.5) is 0 Å². The summed E-state index contributed by atoms with van der Waals surface area (Å²) in [7, 11) is 1.96. The number of rotatable bonds is 5. The fraction of sp³-hybridized carbons (Fsp3) is 0.357. The molecule has 4 nitrogen and oxygen atoms in total. The van der Waals surface area contributed by atoms with Crippen LogP contribution in [0.3, 0.4) is 0 Å². The summed E-state index contributed by atoms with van der Waals surface area (Å²) in [4.78, 5) is 4.36. The van der Waals surface area contributed by atoms with E-state index in [9.17, 15) is 0 Å². The predicted molar refractivity (Wildman–Crippen MR) is 72.8 cm³/mol. The minimum Gasteiger partial charge on any atom is -0.340 e. The van der Waals surface area contributed by atoms with Gasteiger partial charge in [0.25, 0.3) is 0 Å². The Kier molecular flexibility index (Phi) is 4.12. The summed E-state index contributed by atoms with van der Waals surface area (Å²) < 4.78 is 1.93. The molecule has 4 heteroatoms. The van der Waals surface area contributed by atoms with Crippen molar-refractivity contribution in [3.63, 3.8) is 0 Å². The second-order valence-corrected chi connectivity index (χ2v) is 4.56. The molecule has 0 bridgehead atoms. The molecule has 2 aromatic rings. The van der Waals surface area contributed by atoms with E-state index in [1.807, 2.05) is 17.8 Å². The molecule has 0 aliphatic rings. The van der Waals surface area contributed by atoms with Crippen LogP contribution in [-0.2, 0) is 13.5 Å². The van der Waals surface area contributed by atoms with Gasteiger partial charge in [-0.3, -0.25) is 5.84 Å². The van der Waals surface area contributed by atoms with Gasteiger partial charge in [0.15, 0.2) is 0 Å². The largest absolute Gasteiger partial charge is 0.340 e. The number of hydrogen-bond donors (Lipinski definition) is 2. The van der Waals surface area contributed by atoms with Crippen LogP contribution in [0.5, 0.6) is 0 Å². The van der Waals surface area contributed by atoms with Crippen LogP contribution in [0.15, 0.2) is 36.8 Å². The van der Waals surface area contributed by atoms with Gasteiger partial charge in [0.2, 0.25) is 0 Å². The molecule has 1 unspecified atom stereocenters. The van der Waals surface area contributed by atoms with Crippen LogP contribution in [0.2, 0.25) is 0 Å². The predicted octanol–water partition coefficient (Wildman–Crippen LogP) is 1.93. The van der Waals surface area contributed by atoms with Crippen LogP contribution in [0, 0.1) is 0 Å².